The maximum Gasteiger partial charge on any atom is 0.433 e. The molecular weight excluding hydrogens is 445 g/mol. The van der Waals surface area contributed by atoms with Gasteiger partial charge in [0.1, 0.15) is 5.69 Å². The molecule has 1 aliphatic rings. The summed E-state index contributed by atoms with van der Waals surface area (Å²) in [6.45, 7) is 6.14. The number of nitrogens with zero attached hydrogens (tertiary/aromatic N) is 5. The number of carbonyl (C=O) groups excluding carboxylic acids is 1. The van der Waals surface area contributed by atoms with Crippen molar-refractivity contribution >= 4 is 17.2 Å². The number of hydrogen-bond donors (Lipinski definition) is 1. The van der Waals surface area contributed by atoms with Gasteiger partial charge >= 0.3 is 6.18 Å². The summed E-state index contributed by atoms with van der Waals surface area (Å²) in [5, 5.41) is 11.2. The topological polar surface area (TPSA) is 77.1 Å². The molecule has 1 aromatic carbocycles. The lowest BCUT2D eigenvalue weighted by Gasteiger charge is -2.10. The van der Waals surface area contributed by atoms with Crippen LogP contribution >= 0.6 is 0 Å². The van der Waals surface area contributed by atoms with Crippen molar-refractivity contribution in [3.05, 3.63) is 76.0 Å². The molecule has 1 fully saturated rings. The lowest BCUT2D eigenvalue weighted by atomic mass is 10.1. The third-order valence-corrected chi connectivity index (χ3v) is 6.04. The van der Waals surface area contributed by atoms with Crippen LogP contribution in [0, 0.1) is 20.8 Å². The van der Waals surface area contributed by atoms with Crippen molar-refractivity contribution in [1.82, 2.24) is 24.4 Å². The van der Waals surface area contributed by atoms with Gasteiger partial charge in [0.05, 0.1) is 23.6 Å². The summed E-state index contributed by atoms with van der Waals surface area (Å²) in [6.07, 6.45) is -2.99. The van der Waals surface area contributed by atoms with E-state index in [1.807, 2.05) is 38.1 Å². The Balaban J connectivity index is 1.44. The highest BCUT2D eigenvalue weighted by atomic mass is 19.4. The summed E-state index contributed by atoms with van der Waals surface area (Å²) in [5.74, 6) is -0.587. The molecule has 0 unspecified atom stereocenters. The number of benzene rings is 1. The summed E-state index contributed by atoms with van der Waals surface area (Å²) in [6, 6.07) is 10.4. The summed E-state index contributed by atoms with van der Waals surface area (Å²) >= 11 is 0. The number of carbonyl (C=O) groups is 1. The maximum atomic E-state index is 13.6. The van der Waals surface area contributed by atoms with Crippen molar-refractivity contribution in [3.63, 3.8) is 0 Å². The number of fused-ring (bicyclic) bond motifs is 1. The van der Waals surface area contributed by atoms with Crippen molar-refractivity contribution in [2.75, 3.05) is 5.32 Å². The van der Waals surface area contributed by atoms with Gasteiger partial charge in [0.15, 0.2) is 11.3 Å². The van der Waals surface area contributed by atoms with Gasteiger partial charge < -0.3 is 5.32 Å². The fourth-order valence-corrected chi connectivity index (χ4v) is 3.97. The molecule has 7 nitrogen and oxygen atoms in total. The minimum absolute atomic E-state index is 0.00499. The third kappa shape index (κ3) is 4.15. The zero-order valence-corrected chi connectivity index (χ0v) is 18.9. The molecule has 1 saturated carbocycles. The molecule has 5 rings (SSSR count). The first-order valence-electron chi connectivity index (χ1n) is 11.0. The van der Waals surface area contributed by atoms with Crippen LogP contribution in [0.15, 0.2) is 36.4 Å². The summed E-state index contributed by atoms with van der Waals surface area (Å²) < 4.78 is 43.4. The van der Waals surface area contributed by atoms with Crippen molar-refractivity contribution < 1.29 is 18.0 Å². The number of alkyl halides is 3. The smallest absolute Gasteiger partial charge is 0.317 e. The van der Waals surface area contributed by atoms with Crippen LogP contribution < -0.4 is 5.32 Å². The molecule has 1 amide bonds. The minimum atomic E-state index is -4.62. The van der Waals surface area contributed by atoms with Gasteiger partial charge in [-0.3, -0.25) is 9.48 Å². The Kier molecular flexibility index (Phi) is 5.18. The van der Waals surface area contributed by atoms with Gasteiger partial charge in [-0.1, -0.05) is 29.8 Å². The molecule has 0 aliphatic heterocycles. The molecule has 0 spiro atoms. The van der Waals surface area contributed by atoms with E-state index in [4.69, 9.17) is 0 Å². The summed E-state index contributed by atoms with van der Waals surface area (Å²) in [5.41, 5.74) is 3.38. The first-order chi connectivity index (χ1) is 16.1. The molecule has 0 saturated heterocycles. The lowest BCUT2D eigenvalue weighted by molar-refractivity contribution is -0.142. The number of halogens is 3. The average molecular weight is 468 g/mol. The van der Waals surface area contributed by atoms with Crippen LogP contribution in [0.4, 0.5) is 18.9 Å². The highest BCUT2D eigenvalue weighted by molar-refractivity contribution is 6.04. The van der Waals surface area contributed by atoms with Gasteiger partial charge in [-0.15, -0.1) is 0 Å². The Morgan fingerprint density at radius 3 is 2.44 bits per heavy atom. The molecule has 1 aliphatic carbocycles. The van der Waals surface area contributed by atoms with Gasteiger partial charge in [-0.2, -0.15) is 23.4 Å². The quantitative estimate of drug-likeness (QED) is 0.445. The van der Waals surface area contributed by atoms with E-state index in [1.165, 1.54) is 6.07 Å². The number of anilines is 1. The van der Waals surface area contributed by atoms with Crippen molar-refractivity contribution in [2.24, 2.45) is 0 Å². The Bertz CT molecular complexity index is 1400. The van der Waals surface area contributed by atoms with Gasteiger partial charge in [-0.05, 0) is 45.2 Å². The van der Waals surface area contributed by atoms with Crippen LogP contribution in [0.2, 0.25) is 0 Å². The summed E-state index contributed by atoms with van der Waals surface area (Å²) in [4.78, 5) is 17.3. The molecular formula is C24H23F3N6O. The molecule has 1 N–H and O–H groups in total. The number of rotatable bonds is 5. The molecule has 34 heavy (non-hydrogen) atoms. The van der Waals surface area contributed by atoms with E-state index in [9.17, 15) is 18.0 Å². The third-order valence-electron chi connectivity index (χ3n) is 6.04. The van der Waals surface area contributed by atoms with E-state index < -0.39 is 17.8 Å². The predicted octanol–water partition coefficient (Wildman–Crippen LogP) is 5.05. The molecule has 0 bridgehead atoms. The van der Waals surface area contributed by atoms with Gasteiger partial charge in [0.25, 0.3) is 5.91 Å². The molecule has 3 aromatic heterocycles. The molecule has 4 aromatic rings. The zero-order chi connectivity index (χ0) is 24.2. The number of aromatic nitrogens is 5. The second kappa shape index (κ2) is 7.96. The van der Waals surface area contributed by atoms with E-state index >= 15 is 0 Å². The first kappa shape index (κ1) is 22.1. The van der Waals surface area contributed by atoms with E-state index in [1.54, 1.807) is 11.6 Å². The fourth-order valence-electron chi connectivity index (χ4n) is 3.97. The van der Waals surface area contributed by atoms with Crippen LogP contribution in [-0.4, -0.2) is 30.3 Å². The van der Waals surface area contributed by atoms with Crippen LogP contribution in [0.3, 0.4) is 0 Å². The summed E-state index contributed by atoms with van der Waals surface area (Å²) in [7, 11) is 0. The predicted molar refractivity (Wildman–Crippen MR) is 120 cm³/mol. The Morgan fingerprint density at radius 1 is 1.09 bits per heavy atom. The van der Waals surface area contributed by atoms with Crippen molar-refractivity contribution in [2.45, 2.75) is 52.3 Å². The van der Waals surface area contributed by atoms with Crippen molar-refractivity contribution in [3.8, 4) is 0 Å². The molecule has 0 atom stereocenters. The Labute approximate surface area is 193 Å². The molecule has 3 heterocycles. The van der Waals surface area contributed by atoms with Crippen LogP contribution in [-0.2, 0) is 12.7 Å². The van der Waals surface area contributed by atoms with Gasteiger partial charge in [-0.25, -0.2) is 9.50 Å². The SMILES string of the molecule is Cc1ccc(Cn2nc(C)c(NC(=O)c3cc4nc(C5CC5)cc(C(F)(F)F)n4n3)c2C)cc1. The van der Waals surface area contributed by atoms with E-state index in [-0.39, 0.29) is 17.3 Å². The maximum absolute atomic E-state index is 13.6. The van der Waals surface area contributed by atoms with Crippen molar-refractivity contribution in [1.29, 1.82) is 0 Å². The highest BCUT2D eigenvalue weighted by Gasteiger charge is 2.37. The minimum Gasteiger partial charge on any atom is -0.317 e. The Morgan fingerprint density at radius 2 is 1.79 bits per heavy atom. The monoisotopic (exact) mass is 468 g/mol. The molecule has 176 valence electrons. The molecule has 0 radical (unpaired) electrons. The highest BCUT2D eigenvalue weighted by Crippen LogP contribution is 2.41. The Hall–Kier alpha value is -3.69. The van der Waals surface area contributed by atoms with Crippen LogP contribution in [0.1, 0.15) is 63.2 Å². The zero-order valence-electron chi connectivity index (χ0n) is 18.9. The average Bonchev–Trinajstić information content (AvgIpc) is 3.49. The lowest BCUT2D eigenvalue weighted by Crippen LogP contribution is -2.16. The number of aryl methyl sites for hydroxylation is 2. The number of amides is 1. The van der Waals surface area contributed by atoms with Crippen LogP contribution in [0.25, 0.3) is 5.65 Å². The standard InChI is InChI=1S/C24H23F3N6O/c1-13-4-6-16(7-5-13)12-32-15(3)22(14(2)30-32)29-23(34)19-11-21-28-18(17-8-9-17)10-20(24(25,26)27)33(21)31-19/h4-7,10-11,17H,8-9,12H2,1-3H3,(H,29,34). The van der Waals surface area contributed by atoms with Gasteiger partial charge in [0.2, 0.25) is 0 Å². The van der Waals surface area contributed by atoms with E-state index in [0.717, 1.165) is 35.7 Å². The van der Waals surface area contributed by atoms with Gasteiger partial charge in [0, 0.05) is 17.7 Å². The van der Waals surface area contributed by atoms with Crippen LogP contribution in [0.5, 0.6) is 0 Å². The molecule has 10 heteroatoms. The second-order valence-corrected chi connectivity index (χ2v) is 8.78. The van der Waals surface area contributed by atoms with E-state index in [2.05, 4.69) is 20.5 Å². The largest absolute Gasteiger partial charge is 0.433 e. The number of hydrogen-bond acceptors (Lipinski definition) is 4. The normalized spacial score (nSPS) is 14.1. The van der Waals surface area contributed by atoms with E-state index in [0.29, 0.717) is 28.1 Å². The second-order valence-electron chi connectivity index (χ2n) is 8.78. The number of nitrogens with one attached hydrogen (secondary N) is 1. The fraction of sp³-hybridized carbons (Fsp3) is 0.333. The first-order valence-corrected chi connectivity index (χ1v) is 11.0.